The highest BCUT2D eigenvalue weighted by Crippen LogP contribution is 2.30. The van der Waals surface area contributed by atoms with Crippen molar-refractivity contribution < 1.29 is 9.47 Å². The first kappa shape index (κ1) is 12.0. The molecule has 2 rings (SSSR count). The fraction of sp³-hybridized carbons (Fsp3) is 0.538. The van der Waals surface area contributed by atoms with Crippen molar-refractivity contribution in [3.05, 3.63) is 18.2 Å². The predicted octanol–water partition coefficient (Wildman–Crippen LogP) is 2.26. The summed E-state index contributed by atoms with van der Waals surface area (Å²) in [6, 6.07) is 6.00. The third-order valence-electron chi connectivity index (χ3n) is 3.36. The number of hydrogen-bond donors (Lipinski definition) is 2. The first-order chi connectivity index (χ1) is 8.24. The van der Waals surface area contributed by atoms with E-state index in [2.05, 4.69) is 5.32 Å². The smallest absolute Gasteiger partial charge is 0.121 e. The highest BCUT2D eigenvalue weighted by atomic mass is 16.5. The molecule has 17 heavy (non-hydrogen) atoms. The molecule has 0 heterocycles. The van der Waals surface area contributed by atoms with Crippen LogP contribution in [-0.2, 0) is 4.74 Å². The topological polar surface area (TPSA) is 56.5 Å². The van der Waals surface area contributed by atoms with E-state index in [1.165, 1.54) is 6.42 Å². The van der Waals surface area contributed by atoms with Gasteiger partial charge in [0.25, 0.3) is 0 Å². The molecule has 0 aromatic heterocycles. The lowest BCUT2D eigenvalue weighted by molar-refractivity contribution is 0.101. The number of rotatable bonds is 4. The number of nitrogens with one attached hydrogen (secondary N) is 1. The van der Waals surface area contributed by atoms with E-state index in [0.29, 0.717) is 6.04 Å². The summed E-state index contributed by atoms with van der Waals surface area (Å²) in [4.78, 5) is 0. The van der Waals surface area contributed by atoms with Crippen molar-refractivity contribution in [1.29, 1.82) is 0 Å². The minimum Gasteiger partial charge on any atom is -0.497 e. The van der Waals surface area contributed by atoms with E-state index in [1.807, 2.05) is 18.2 Å². The molecular formula is C13H20N2O2. The molecule has 0 saturated heterocycles. The monoisotopic (exact) mass is 236 g/mol. The van der Waals surface area contributed by atoms with Crippen LogP contribution in [0.4, 0.5) is 11.4 Å². The van der Waals surface area contributed by atoms with Crippen LogP contribution >= 0.6 is 0 Å². The standard InChI is InChI=1S/C13H20N2O2/c1-16-9-6-7-10(14)12(8-9)15-11-4-3-5-13(11)17-2/h6-8,11,13,15H,3-5,14H2,1-2H3. The first-order valence-electron chi connectivity index (χ1n) is 5.97. The van der Waals surface area contributed by atoms with E-state index in [1.54, 1.807) is 14.2 Å². The van der Waals surface area contributed by atoms with Crippen LogP contribution in [0.25, 0.3) is 0 Å². The predicted molar refractivity (Wildman–Crippen MR) is 69.5 cm³/mol. The van der Waals surface area contributed by atoms with Crippen molar-refractivity contribution in [3.63, 3.8) is 0 Å². The second-order valence-electron chi connectivity index (χ2n) is 4.41. The van der Waals surface area contributed by atoms with Gasteiger partial charge in [-0.2, -0.15) is 0 Å². The minimum absolute atomic E-state index is 0.278. The van der Waals surface area contributed by atoms with Gasteiger partial charge in [0.15, 0.2) is 0 Å². The van der Waals surface area contributed by atoms with Crippen molar-refractivity contribution in [1.82, 2.24) is 0 Å². The Hall–Kier alpha value is -1.42. The lowest BCUT2D eigenvalue weighted by atomic mass is 10.2. The summed E-state index contributed by atoms with van der Waals surface area (Å²) >= 11 is 0. The number of nitrogens with two attached hydrogens (primary N) is 1. The Morgan fingerprint density at radius 2 is 2.12 bits per heavy atom. The zero-order valence-electron chi connectivity index (χ0n) is 10.4. The number of benzene rings is 1. The molecule has 1 saturated carbocycles. The summed E-state index contributed by atoms with van der Waals surface area (Å²) < 4.78 is 10.7. The minimum atomic E-state index is 0.278. The maximum absolute atomic E-state index is 5.95. The summed E-state index contributed by atoms with van der Waals surface area (Å²) in [5.41, 5.74) is 7.62. The third kappa shape index (κ3) is 2.64. The van der Waals surface area contributed by atoms with Crippen LogP contribution < -0.4 is 15.8 Å². The Bertz CT molecular complexity index is 382. The Morgan fingerprint density at radius 3 is 2.82 bits per heavy atom. The van der Waals surface area contributed by atoms with Gasteiger partial charge >= 0.3 is 0 Å². The van der Waals surface area contributed by atoms with Crippen molar-refractivity contribution >= 4 is 11.4 Å². The zero-order chi connectivity index (χ0) is 12.3. The van der Waals surface area contributed by atoms with E-state index in [0.717, 1.165) is 30.0 Å². The van der Waals surface area contributed by atoms with Crippen LogP contribution in [-0.4, -0.2) is 26.4 Å². The molecular weight excluding hydrogens is 216 g/mol. The molecule has 0 radical (unpaired) electrons. The van der Waals surface area contributed by atoms with Crippen LogP contribution in [0.15, 0.2) is 18.2 Å². The van der Waals surface area contributed by atoms with Gasteiger partial charge in [0, 0.05) is 13.2 Å². The number of anilines is 2. The van der Waals surface area contributed by atoms with Crippen LogP contribution in [0.2, 0.25) is 0 Å². The maximum Gasteiger partial charge on any atom is 0.121 e. The van der Waals surface area contributed by atoms with Crippen LogP contribution in [0.1, 0.15) is 19.3 Å². The Morgan fingerprint density at radius 1 is 1.29 bits per heavy atom. The molecule has 1 aliphatic rings. The fourth-order valence-electron chi connectivity index (χ4n) is 2.36. The van der Waals surface area contributed by atoms with Crippen molar-refractivity contribution in [2.75, 3.05) is 25.3 Å². The molecule has 4 heteroatoms. The zero-order valence-corrected chi connectivity index (χ0v) is 10.4. The van der Waals surface area contributed by atoms with Gasteiger partial charge in [-0.25, -0.2) is 0 Å². The molecule has 1 aliphatic carbocycles. The largest absolute Gasteiger partial charge is 0.497 e. The Balaban J connectivity index is 2.12. The van der Waals surface area contributed by atoms with Crippen LogP contribution in [0, 0.1) is 0 Å². The molecule has 1 aromatic rings. The fourth-order valence-corrected chi connectivity index (χ4v) is 2.36. The average molecular weight is 236 g/mol. The van der Waals surface area contributed by atoms with Gasteiger partial charge < -0.3 is 20.5 Å². The Labute approximate surface area is 102 Å². The highest BCUT2D eigenvalue weighted by Gasteiger charge is 2.27. The summed E-state index contributed by atoms with van der Waals surface area (Å²) in [6.07, 6.45) is 3.70. The second-order valence-corrected chi connectivity index (χ2v) is 4.41. The summed E-state index contributed by atoms with van der Waals surface area (Å²) in [6.45, 7) is 0. The average Bonchev–Trinajstić information content (AvgIpc) is 2.79. The molecule has 94 valence electrons. The molecule has 0 amide bonds. The van der Waals surface area contributed by atoms with Crippen molar-refractivity contribution in [2.24, 2.45) is 0 Å². The van der Waals surface area contributed by atoms with Crippen LogP contribution in [0.5, 0.6) is 5.75 Å². The van der Waals surface area contributed by atoms with E-state index < -0.39 is 0 Å². The molecule has 3 N–H and O–H groups in total. The van der Waals surface area contributed by atoms with Gasteiger partial charge in [0.05, 0.1) is 30.6 Å². The van der Waals surface area contributed by atoms with E-state index in [9.17, 15) is 0 Å². The quantitative estimate of drug-likeness (QED) is 0.787. The summed E-state index contributed by atoms with van der Waals surface area (Å²) in [5, 5.41) is 3.45. The van der Waals surface area contributed by atoms with Gasteiger partial charge in [-0.3, -0.25) is 0 Å². The molecule has 4 nitrogen and oxygen atoms in total. The normalized spacial score (nSPS) is 23.6. The van der Waals surface area contributed by atoms with Gasteiger partial charge in [-0.1, -0.05) is 0 Å². The highest BCUT2D eigenvalue weighted by molar-refractivity contribution is 5.68. The first-order valence-corrected chi connectivity index (χ1v) is 5.97. The van der Waals surface area contributed by atoms with Crippen molar-refractivity contribution in [3.8, 4) is 5.75 Å². The molecule has 1 fully saturated rings. The van der Waals surface area contributed by atoms with Crippen molar-refractivity contribution in [2.45, 2.75) is 31.4 Å². The number of methoxy groups -OCH3 is 2. The van der Waals surface area contributed by atoms with Crippen LogP contribution in [0.3, 0.4) is 0 Å². The molecule has 0 aliphatic heterocycles. The third-order valence-corrected chi connectivity index (χ3v) is 3.36. The number of nitrogen functional groups attached to an aromatic ring is 1. The molecule has 0 spiro atoms. The van der Waals surface area contributed by atoms with E-state index in [-0.39, 0.29) is 6.10 Å². The summed E-state index contributed by atoms with van der Waals surface area (Å²) in [7, 11) is 3.42. The van der Waals surface area contributed by atoms with Gasteiger partial charge in [-0.15, -0.1) is 0 Å². The van der Waals surface area contributed by atoms with E-state index >= 15 is 0 Å². The molecule has 2 atom stereocenters. The SMILES string of the molecule is COc1ccc(N)c(NC2CCCC2OC)c1. The van der Waals surface area contributed by atoms with Gasteiger partial charge in [-0.05, 0) is 31.4 Å². The molecule has 1 aromatic carbocycles. The lowest BCUT2D eigenvalue weighted by Crippen LogP contribution is -2.30. The lowest BCUT2D eigenvalue weighted by Gasteiger charge is -2.22. The molecule has 2 unspecified atom stereocenters. The Kier molecular flexibility index (Phi) is 3.74. The van der Waals surface area contributed by atoms with E-state index in [4.69, 9.17) is 15.2 Å². The maximum atomic E-state index is 5.95. The second kappa shape index (κ2) is 5.27. The van der Waals surface area contributed by atoms with Gasteiger partial charge in [0.1, 0.15) is 5.75 Å². The number of ether oxygens (including phenoxy) is 2. The summed E-state index contributed by atoms with van der Waals surface area (Å²) in [5.74, 6) is 0.814. The molecule has 0 bridgehead atoms. The van der Waals surface area contributed by atoms with Gasteiger partial charge in [0.2, 0.25) is 0 Å². The number of hydrogen-bond acceptors (Lipinski definition) is 4.